The average molecular weight is 410 g/mol. The standard InChI is InChI=1S/C17H12F2N2O4S2/c1-25-16(22)11-4-2-3-5-15(11)27(23,24)21-17-20-14(9-26-17)10-6-7-12(18)13(19)8-10/h2-9H,1H3,(H,20,21). The molecule has 3 rings (SSSR count). The summed E-state index contributed by atoms with van der Waals surface area (Å²) in [5.74, 6) is -2.82. The summed E-state index contributed by atoms with van der Waals surface area (Å²) in [6, 6.07) is 8.83. The molecule has 0 spiro atoms. The first-order valence-corrected chi connectivity index (χ1v) is 9.79. The molecule has 0 saturated carbocycles. The largest absolute Gasteiger partial charge is 0.465 e. The maximum Gasteiger partial charge on any atom is 0.339 e. The van der Waals surface area contributed by atoms with Crippen LogP contribution >= 0.6 is 11.3 Å². The zero-order valence-electron chi connectivity index (χ0n) is 13.8. The van der Waals surface area contributed by atoms with E-state index in [-0.39, 0.29) is 21.3 Å². The Kier molecular flexibility index (Phi) is 5.19. The number of sulfonamides is 1. The Morgan fingerprint density at radius 3 is 2.59 bits per heavy atom. The summed E-state index contributed by atoms with van der Waals surface area (Å²) >= 11 is 0.962. The Morgan fingerprint density at radius 1 is 1.15 bits per heavy atom. The topological polar surface area (TPSA) is 85.4 Å². The number of thiazole rings is 1. The van der Waals surface area contributed by atoms with Gasteiger partial charge in [0.05, 0.1) is 18.4 Å². The van der Waals surface area contributed by atoms with Crippen molar-refractivity contribution in [3.63, 3.8) is 0 Å². The number of carbonyl (C=O) groups excluding carboxylic acids is 1. The molecule has 27 heavy (non-hydrogen) atoms. The number of benzene rings is 2. The highest BCUT2D eigenvalue weighted by Gasteiger charge is 2.23. The highest BCUT2D eigenvalue weighted by molar-refractivity contribution is 7.93. The molecule has 0 amide bonds. The van der Waals surface area contributed by atoms with E-state index >= 15 is 0 Å². The second-order valence-corrected chi connectivity index (χ2v) is 7.77. The van der Waals surface area contributed by atoms with E-state index < -0.39 is 27.6 Å². The van der Waals surface area contributed by atoms with Crippen LogP contribution in [0.1, 0.15) is 10.4 Å². The van der Waals surface area contributed by atoms with Gasteiger partial charge in [0.25, 0.3) is 10.0 Å². The number of hydrogen-bond donors (Lipinski definition) is 1. The predicted octanol–water partition coefficient (Wildman–Crippen LogP) is 3.68. The number of carbonyl (C=O) groups is 1. The molecular weight excluding hydrogens is 398 g/mol. The van der Waals surface area contributed by atoms with Crippen LogP contribution in [0.15, 0.2) is 52.7 Å². The van der Waals surface area contributed by atoms with Crippen LogP contribution in [0.2, 0.25) is 0 Å². The van der Waals surface area contributed by atoms with E-state index in [0.29, 0.717) is 5.56 Å². The Labute approximate surface area is 157 Å². The number of methoxy groups -OCH3 is 1. The summed E-state index contributed by atoms with van der Waals surface area (Å²) in [5.41, 5.74) is 0.452. The van der Waals surface area contributed by atoms with Crippen molar-refractivity contribution in [2.24, 2.45) is 0 Å². The average Bonchev–Trinajstić information content (AvgIpc) is 3.11. The minimum Gasteiger partial charge on any atom is -0.465 e. The molecule has 0 aliphatic rings. The molecule has 0 saturated heterocycles. The quantitative estimate of drug-likeness (QED) is 0.649. The Bertz CT molecular complexity index is 1110. The predicted molar refractivity (Wildman–Crippen MR) is 96.1 cm³/mol. The monoisotopic (exact) mass is 410 g/mol. The van der Waals surface area contributed by atoms with Gasteiger partial charge in [0.2, 0.25) is 0 Å². The summed E-state index contributed by atoms with van der Waals surface area (Å²) in [6.07, 6.45) is 0. The third-order valence-electron chi connectivity index (χ3n) is 3.52. The maximum absolute atomic E-state index is 13.4. The summed E-state index contributed by atoms with van der Waals surface area (Å²) in [6.45, 7) is 0. The first kappa shape index (κ1) is 18.9. The Morgan fingerprint density at radius 2 is 1.89 bits per heavy atom. The molecule has 1 N–H and O–H groups in total. The first-order valence-electron chi connectivity index (χ1n) is 7.43. The molecule has 140 valence electrons. The molecule has 0 fully saturated rings. The number of aromatic nitrogens is 1. The number of ether oxygens (including phenoxy) is 1. The number of rotatable bonds is 5. The third-order valence-corrected chi connectivity index (χ3v) is 5.81. The second-order valence-electron chi connectivity index (χ2n) is 5.26. The molecule has 0 aliphatic heterocycles. The number of halogens is 2. The van der Waals surface area contributed by atoms with E-state index in [0.717, 1.165) is 30.6 Å². The van der Waals surface area contributed by atoms with Crippen molar-refractivity contribution < 1.29 is 26.7 Å². The second kappa shape index (κ2) is 7.41. The van der Waals surface area contributed by atoms with Crippen molar-refractivity contribution in [3.05, 3.63) is 65.0 Å². The van der Waals surface area contributed by atoms with Crippen LogP contribution in [0.25, 0.3) is 11.3 Å². The van der Waals surface area contributed by atoms with Crippen molar-refractivity contribution in [1.29, 1.82) is 0 Å². The van der Waals surface area contributed by atoms with Crippen molar-refractivity contribution in [1.82, 2.24) is 4.98 Å². The molecule has 0 aliphatic carbocycles. The van der Waals surface area contributed by atoms with Crippen molar-refractivity contribution in [3.8, 4) is 11.3 Å². The molecular formula is C17H12F2N2O4S2. The SMILES string of the molecule is COC(=O)c1ccccc1S(=O)(=O)Nc1nc(-c2ccc(F)c(F)c2)cs1. The van der Waals surface area contributed by atoms with Gasteiger partial charge in [-0.3, -0.25) is 4.72 Å². The van der Waals surface area contributed by atoms with Crippen molar-refractivity contribution in [2.45, 2.75) is 4.90 Å². The number of hydrogen-bond acceptors (Lipinski definition) is 6. The molecule has 3 aromatic rings. The fourth-order valence-electron chi connectivity index (χ4n) is 2.26. The molecule has 0 atom stereocenters. The minimum absolute atomic E-state index is 0.00871. The van der Waals surface area contributed by atoms with E-state index in [2.05, 4.69) is 14.4 Å². The lowest BCUT2D eigenvalue weighted by Crippen LogP contribution is -2.17. The zero-order valence-corrected chi connectivity index (χ0v) is 15.4. The normalized spacial score (nSPS) is 11.2. The van der Waals surface area contributed by atoms with Gasteiger partial charge in [-0.1, -0.05) is 12.1 Å². The highest BCUT2D eigenvalue weighted by Crippen LogP contribution is 2.28. The van der Waals surface area contributed by atoms with Crippen molar-refractivity contribution in [2.75, 3.05) is 11.8 Å². The number of nitrogens with one attached hydrogen (secondary N) is 1. The fraction of sp³-hybridized carbons (Fsp3) is 0.0588. The van der Waals surface area contributed by atoms with Gasteiger partial charge in [0.15, 0.2) is 16.8 Å². The summed E-state index contributed by atoms with van der Waals surface area (Å²) in [5, 5.41) is 1.51. The zero-order chi connectivity index (χ0) is 19.6. The first-order chi connectivity index (χ1) is 12.8. The molecule has 1 heterocycles. The van der Waals surface area contributed by atoms with Gasteiger partial charge in [-0.25, -0.2) is 27.0 Å². The van der Waals surface area contributed by atoms with E-state index in [9.17, 15) is 22.0 Å². The number of esters is 1. The van der Waals surface area contributed by atoms with Gasteiger partial charge in [-0.2, -0.15) is 0 Å². The van der Waals surface area contributed by atoms with Crippen LogP contribution < -0.4 is 4.72 Å². The van der Waals surface area contributed by atoms with Crippen molar-refractivity contribution >= 4 is 32.5 Å². The van der Waals surface area contributed by atoms with E-state index in [1.54, 1.807) is 0 Å². The highest BCUT2D eigenvalue weighted by atomic mass is 32.2. The Balaban J connectivity index is 1.91. The summed E-state index contributed by atoms with van der Waals surface area (Å²) < 4.78 is 58.5. The molecule has 0 bridgehead atoms. The molecule has 0 radical (unpaired) electrons. The van der Waals surface area contributed by atoms with E-state index in [1.165, 1.54) is 35.7 Å². The minimum atomic E-state index is -4.12. The molecule has 1 aromatic heterocycles. The van der Waals surface area contributed by atoms with Gasteiger partial charge >= 0.3 is 5.97 Å². The third kappa shape index (κ3) is 3.96. The molecule has 2 aromatic carbocycles. The van der Waals surface area contributed by atoms with Gasteiger partial charge in [-0.15, -0.1) is 11.3 Å². The van der Waals surface area contributed by atoms with Crippen LogP contribution in [-0.4, -0.2) is 26.5 Å². The lowest BCUT2D eigenvalue weighted by atomic mass is 10.2. The number of nitrogens with zero attached hydrogens (tertiary/aromatic N) is 1. The van der Waals surface area contributed by atoms with Crippen LogP contribution in [0, 0.1) is 11.6 Å². The lowest BCUT2D eigenvalue weighted by Gasteiger charge is -2.09. The van der Waals surface area contributed by atoms with E-state index in [1.807, 2.05) is 0 Å². The van der Waals surface area contributed by atoms with E-state index in [4.69, 9.17) is 0 Å². The lowest BCUT2D eigenvalue weighted by molar-refractivity contribution is 0.0596. The molecule has 0 unspecified atom stereocenters. The smallest absolute Gasteiger partial charge is 0.339 e. The van der Waals surface area contributed by atoms with Gasteiger partial charge in [0, 0.05) is 10.9 Å². The van der Waals surface area contributed by atoms with Gasteiger partial charge in [-0.05, 0) is 30.3 Å². The molecule has 6 nitrogen and oxygen atoms in total. The summed E-state index contributed by atoms with van der Waals surface area (Å²) in [7, 11) is -2.97. The fourth-order valence-corrected chi connectivity index (χ4v) is 4.43. The summed E-state index contributed by atoms with van der Waals surface area (Å²) in [4.78, 5) is 15.6. The van der Waals surface area contributed by atoms with Gasteiger partial charge < -0.3 is 4.74 Å². The van der Waals surface area contributed by atoms with Crippen LogP contribution in [0.3, 0.4) is 0 Å². The number of anilines is 1. The van der Waals surface area contributed by atoms with Crippen LogP contribution in [-0.2, 0) is 14.8 Å². The Hall–Kier alpha value is -2.85. The molecule has 10 heteroatoms. The van der Waals surface area contributed by atoms with Crippen LogP contribution in [0.4, 0.5) is 13.9 Å². The van der Waals surface area contributed by atoms with Crippen LogP contribution in [0.5, 0.6) is 0 Å². The maximum atomic E-state index is 13.4. The van der Waals surface area contributed by atoms with Gasteiger partial charge in [0.1, 0.15) is 4.90 Å².